The maximum Gasteiger partial charge on any atom is 0.123 e. The van der Waals surface area contributed by atoms with Crippen LogP contribution in [0.2, 0.25) is 0 Å². The Balaban J connectivity index is 2.13. The molecule has 104 valence electrons. The molecule has 0 spiro atoms. The number of nitrogens with two attached hydrogens (primary N) is 1. The molecular weight excluding hydrogens is 263 g/mol. The first-order valence-corrected chi connectivity index (χ1v) is 6.92. The van der Waals surface area contributed by atoms with E-state index in [2.05, 4.69) is 4.90 Å². The van der Waals surface area contributed by atoms with Crippen molar-refractivity contribution in [3.05, 3.63) is 35.1 Å². The predicted octanol–water partition coefficient (Wildman–Crippen LogP) is 1.66. The smallest absolute Gasteiger partial charge is 0.123 e. The molecule has 0 aliphatic carbocycles. The van der Waals surface area contributed by atoms with E-state index in [1.807, 2.05) is 0 Å². The minimum Gasteiger partial charge on any atom is -0.396 e. The molecule has 0 aromatic heterocycles. The van der Waals surface area contributed by atoms with Crippen molar-refractivity contribution in [1.29, 1.82) is 0 Å². The van der Waals surface area contributed by atoms with Crippen LogP contribution in [0.25, 0.3) is 0 Å². The van der Waals surface area contributed by atoms with Gasteiger partial charge < -0.3 is 10.8 Å². The first-order valence-electron chi connectivity index (χ1n) is 6.51. The van der Waals surface area contributed by atoms with Crippen LogP contribution in [0.1, 0.15) is 24.0 Å². The highest BCUT2D eigenvalue weighted by atomic mass is 32.1. The summed E-state index contributed by atoms with van der Waals surface area (Å²) in [5, 5.41) is 9.23. The molecule has 0 amide bonds. The van der Waals surface area contributed by atoms with Crippen molar-refractivity contribution < 1.29 is 9.50 Å². The maximum absolute atomic E-state index is 13.4. The van der Waals surface area contributed by atoms with Crippen molar-refractivity contribution in [3.8, 4) is 0 Å². The molecule has 1 saturated heterocycles. The normalized spacial score (nSPS) is 20.4. The minimum absolute atomic E-state index is 0.210. The van der Waals surface area contributed by atoms with Crippen LogP contribution in [0.4, 0.5) is 4.39 Å². The molecule has 1 aliphatic heterocycles. The molecule has 0 saturated carbocycles. The van der Waals surface area contributed by atoms with Crippen LogP contribution < -0.4 is 5.73 Å². The van der Waals surface area contributed by atoms with E-state index in [9.17, 15) is 9.50 Å². The standard InChI is InChI=1S/C14H19FN2OS/c15-12-3-4-13(14(16)19)11(6-12)8-17-5-1-2-10(7-17)9-18/h3-4,6,10,18H,1-2,5,7-9H2,(H2,16,19). The zero-order valence-corrected chi connectivity index (χ0v) is 11.6. The van der Waals surface area contributed by atoms with Crippen LogP contribution in [0, 0.1) is 11.7 Å². The van der Waals surface area contributed by atoms with Crippen molar-refractivity contribution in [2.24, 2.45) is 11.7 Å². The van der Waals surface area contributed by atoms with Gasteiger partial charge in [-0.2, -0.15) is 0 Å². The number of aliphatic hydroxyl groups is 1. The second kappa shape index (κ2) is 6.41. The Morgan fingerprint density at radius 2 is 2.32 bits per heavy atom. The lowest BCUT2D eigenvalue weighted by atomic mass is 9.98. The Morgan fingerprint density at radius 1 is 1.53 bits per heavy atom. The number of halogens is 1. The predicted molar refractivity (Wildman–Crippen MR) is 77.4 cm³/mol. The van der Waals surface area contributed by atoms with E-state index in [1.165, 1.54) is 12.1 Å². The molecule has 3 N–H and O–H groups in total. The van der Waals surface area contributed by atoms with E-state index in [-0.39, 0.29) is 12.4 Å². The molecule has 1 fully saturated rings. The number of thiocarbonyl (C=S) groups is 1. The SMILES string of the molecule is NC(=S)c1ccc(F)cc1CN1CCCC(CO)C1. The van der Waals surface area contributed by atoms with Gasteiger partial charge in [-0.1, -0.05) is 12.2 Å². The molecule has 1 aromatic rings. The molecular formula is C14H19FN2OS. The van der Waals surface area contributed by atoms with Gasteiger partial charge in [-0.15, -0.1) is 0 Å². The quantitative estimate of drug-likeness (QED) is 0.825. The Hall–Kier alpha value is -1.04. The summed E-state index contributed by atoms with van der Waals surface area (Å²) in [6, 6.07) is 4.52. The zero-order valence-electron chi connectivity index (χ0n) is 10.8. The van der Waals surface area contributed by atoms with E-state index in [4.69, 9.17) is 18.0 Å². The van der Waals surface area contributed by atoms with Gasteiger partial charge in [0, 0.05) is 25.3 Å². The largest absolute Gasteiger partial charge is 0.396 e. The number of rotatable bonds is 4. The van der Waals surface area contributed by atoms with Crippen molar-refractivity contribution in [3.63, 3.8) is 0 Å². The summed E-state index contributed by atoms with van der Waals surface area (Å²) in [6.07, 6.45) is 2.11. The number of likely N-dealkylation sites (tertiary alicyclic amines) is 1. The topological polar surface area (TPSA) is 49.5 Å². The summed E-state index contributed by atoms with van der Waals surface area (Å²) in [4.78, 5) is 2.52. The van der Waals surface area contributed by atoms with Gasteiger partial charge in [0.25, 0.3) is 0 Å². The van der Waals surface area contributed by atoms with Crippen molar-refractivity contribution in [2.75, 3.05) is 19.7 Å². The molecule has 1 atom stereocenters. The highest BCUT2D eigenvalue weighted by Crippen LogP contribution is 2.20. The van der Waals surface area contributed by atoms with Crippen LogP contribution >= 0.6 is 12.2 Å². The molecule has 19 heavy (non-hydrogen) atoms. The fourth-order valence-electron chi connectivity index (χ4n) is 2.62. The summed E-state index contributed by atoms with van der Waals surface area (Å²) in [5.74, 6) is 0.0429. The number of benzene rings is 1. The summed E-state index contributed by atoms with van der Waals surface area (Å²) < 4.78 is 13.4. The van der Waals surface area contributed by atoms with E-state index in [0.717, 1.165) is 37.1 Å². The molecule has 1 unspecified atom stereocenters. The molecule has 0 radical (unpaired) electrons. The second-order valence-electron chi connectivity index (χ2n) is 5.09. The van der Waals surface area contributed by atoms with E-state index >= 15 is 0 Å². The number of hydrogen-bond acceptors (Lipinski definition) is 3. The van der Waals surface area contributed by atoms with Crippen LogP contribution in [-0.2, 0) is 6.54 Å². The average Bonchev–Trinajstić information content (AvgIpc) is 2.38. The van der Waals surface area contributed by atoms with Crippen LogP contribution in [0.3, 0.4) is 0 Å². The monoisotopic (exact) mass is 282 g/mol. The van der Waals surface area contributed by atoms with Crippen LogP contribution in [0.15, 0.2) is 18.2 Å². The fourth-order valence-corrected chi connectivity index (χ4v) is 2.82. The summed E-state index contributed by atoms with van der Waals surface area (Å²) in [6.45, 7) is 2.64. The van der Waals surface area contributed by atoms with Gasteiger partial charge in [-0.25, -0.2) is 4.39 Å². The van der Waals surface area contributed by atoms with Gasteiger partial charge >= 0.3 is 0 Å². The Morgan fingerprint density at radius 3 is 3.00 bits per heavy atom. The molecule has 1 heterocycles. The third kappa shape index (κ3) is 3.72. The summed E-state index contributed by atoms with van der Waals surface area (Å²) in [7, 11) is 0. The van der Waals surface area contributed by atoms with Gasteiger partial charge in [0.15, 0.2) is 0 Å². The molecule has 2 rings (SSSR count). The third-order valence-corrected chi connectivity index (χ3v) is 3.81. The van der Waals surface area contributed by atoms with Gasteiger partial charge in [0.05, 0.1) is 0 Å². The molecule has 5 heteroatoms. The van der Waals surface area contributed by atoms with Crippen LogP contribution in [-0.4, -0.2) is 34.7 Å². The van der Waals surface area contributed by atoms with E-state index in [1.54, 1.807) is 6.07 Å². The first-order chi connectivity index (χ1) is 9.10. The van der Waals surface area contributed by atoms with Crippen molar-refractivity contribution >= 4 is 17.2 Å². The highest BCUT2D eigenvalue weighted by Gasteiger charge is 2.20. The summed E-state index contributed by atoms with van der Waals surface area (Å²) >= 11 is 5.00. The van der Waals surface area contributed by atoms with Gasteiger partial charge in [-0.3, -0.25) is 4.90 Å². The Kier molecular flexibility index (Phi) is 4.85. The van der Waals surface area contributed by atoms with Crippen LogP contribution in [0.5, 0.6) is 0 Å². The molecule has 1 aliphatic rings. The maximum atomic E-state index is 13.4. The molecule has 1 aromatic carbocycles. The number of nitrogens with zero attached hydrogens (tertiary/aromatic N) is 1. The Bertz CT molecular complexity index is 467. The highest BCUT2D eigenvalue weighted by molar-refractivity contribution is 7.80. The lowest BCUT2D eigenvalue weighted by Gasteiger charge is -2.32. The second-order valence-corrected chi connectivity index (χ2v) is 5.53. The zero-order chi connectivity index (χ0) is 13.8. The fraction of sp³-hybridized carbons (Fsp3) is 0.500. The molecule has 0 bridgehead atoms. The number of piperidine rings is 1. The number of aliphatic hydroxyl groups excluding tert-OH is 1. The Labute approximate surface area is 118 Å². The van der Waals surface area contributed by atoms with Gasteiger partial charge in [0.2, 0.25) is 0 Å². The van der Waals surface area contributed by atoms with Crippen molar-refractivity contribution in [2.45, 2.75) is 19.4 Å². The van der Waals surface area contributed by atoms with E-state index in [0.29, 0.717) is 17.5 Å². The van der Waals surface area contributed by atoms with Crippen molar-refractivity contribution in [1.82, 2.24) is 4.90 Å². The lowest BCUT2D eigenvalue weighted by molar-refractivity contribution is 0.116. The third-order valence-electron chi connectivity index (χ3n) is 3.59. The number of hydrogen-bond donors (Lipinski definition) is 2. The lowest BCUT2D eigenvalue weighted by Crippen LogP contribution is -2.36. The molecule has 3 nitrogen and oxygen atoms in total. The minimum atomic E-state index is -0.272. The van der Waals surface area contributed by atoms with Gasteiger partial charge in [0.1, 0.15) is 10.8 Å². The first kappa shape index (κ1) is 14.4. The van der Waals surface area contributed by atoms with Gasteiger partial charge in [-0.05, 0) is 49.1 Å². The average molecular weight is 282 g/mol. The van der Waals surface area contributed by atoms with E-state index < -0.39 is 0 Å². The summed E-state index contributed by atoms with van der Waals surface area (Å²) in [5.41, 5.74) is 7.24.